The van der Waals surface area contributed by atoms with Gasteiger partial charge in [-0.15, -0.1) is 0 Å². The quantitative estimate of drug-likeness (QED) is 0.721. The van der Waals surface area contributed by atoms with Gasteiger partial charge in [-0.3, -0.25) is 4.79 Å². The standard InChI is InChI=1S/C22H24N2O4S2/c1-14-8-9-17(10-15(14)2)24-18-12-30(26,27)13-20(18)29-22(24)23-21(25)11-16-6-4-5-7-19(16)28-3/h4-10,18,20H,11-13H2,1-3H3/t18-,20-/m0/s1. The van der Waals surface area contributed by atoms with Crippen LogP contribution in [0.2, 0.25) is 0 Å². The van der Waals surface area contributed by atoms with Gasteiger partial charge in [-0.1, -0.05) is 36.0 Å². The molecule has 2 saturated heterocycles. The van der Waals surface area contributed by atoms with Crippen molar-refractivity contribution in [3.05, 3.63) is 59.2 Å². The van der Waals surface area contributed by atoms with Gasteiger partial charge in [0.15, 0.2) is 15.0 Å². The summed E-state index contributed by atoms with van der Waals surface area (Å²) in [5, 5.41) is 0.456. The highest BCUT2D eigenvalue weighted by molar-refractivity contribution is 8.16. The van der Waals surface area contributed by atoms with Crippen LogP contribution in [0.15, 0.2) is 47.5 Å². The Kier molecular flexibility index (Phi) is 5.63. The van der Waals surface area contributed by atoms with E-state index < -0.39 is 9.84 Å². The van der Waals surface area contributed by atoms with Crippen molar-refractivity contribution in [3.8, 4) is 5.75 Å². The number of carbonyl (C=O) groups is 1. The lowest BCUT2D eigenvalue weighted by atomic mass is 10.1. The Labute approximate surface area is 181 Å². The van der Waals surface area contributed by atoms with E-state index >= 15 is 0 Å². The van der Waals surface area contributed by atoms with Crippen molar-refractivity contribution in [2.75, 3.05) is 23.5 Å². The van der Waals surface area contributed by atoms with Gasteiger partial charge < -0.3 is 9.64 Å². The number of anilines is 1. The van der Waals surface area contributed by atoms with Gasteiger partial charge in [0, 0.05) is 16.5 Å². The van der Waals surface area contributed by atoms with Crippen LogP contribution in [0, 0.1) is 13.8 Å². The van der Waals surface area contributed by atoms with Gasteiger partial charge in [0.05, 0.1) is 31.1 Å². The summed E-state index contributed by atoms with van der Waals surface area (Å²) < 4.78 is 29.8. The molecule has 1 amide bonds. The number of aryl methyl sites for hydroxylation is 2. The van der Waals surface area contributed by atoms with Crippen molar-refractivity contribution in [1.29, 1.82) is 0 Å². The first kappa shape index (κ1) is 20.9. The van der Waals surface area contributed by atoms with Gasteiger partial charge in [-0.25, -0.2) is 8.42 Å². The Balaban J connectivity index is 1.66. The molecule has 2 aromatic carbocycles. The number of carbonyl (C=O) groups excluding carboxylic acids is 1. The average molecular weight is 445 g/mol. The third kappa shape index (κ3) is 4.11. The van der Waals surface area contributed by atoms with E-state index in [4.69, 9.17) is 4.74 Å². The third-order valence-electron chi connectivity index (χ3n) is 5.59. The second-order valence-electron chi connectivity index (χ2n) is 7.72. The summed E-state index contributed by atoms with van der Waals surface area (Å²) in [7, 11) is -1.52. The van der Waals surface area contributed by atoms with Crippen molar-refractivity contribution in [2.24, 2.45) is 4.99 Å². The molecule has 2 atom stereocenters. The molecule has 0 unspecified atom stereocenters. The Bertz CT molecular complexity index is 1130. The summed E-state index contributed by atoms with van der Waals surface area (Å²) in [5.74, 6) is 0.568. The van der Waals surface area contributed by atoms with Crippen LogP contribution < -0.4 is 9.64 Å². The minimum absolute atomic E-state index is 0.0807. The fourth-order valence-electron chi connectivity index (χ4n) is 3.90. The number of para-hydroxylation sites is 1. The van der Waals surface area contributed by atoms with E-state index in [-0.39, 0.29) is 35.1 Å². The zero-order chi connectivity index (χ0) is 21.5. The largest absolute Gasteiger partial charge is 0.496 e. The number of methoxy groups -OCH3 is 1. The molecule has 0 N–H and O–H groups in total. The average Bonchev–Trinajstić information content (AvgIpc) is 3.15. The molecule has 30 heavy (non-hydrogen) atoms. The first-order chi connectivity index (χ1) is 14.3. The van der Waals surface area contributed by atoms with Gasteiger partial charge in [-0.2, -0.15) is 4.99 Å². The third-order valence-corrected chi connectivity index (χ3v) is 8.80. The Morgan fingerprint density at radius 3 is 2.67 bits per heavy atom. The Hall–Kier alpha value is -2.32. The molecule has 8 heteroatoms. The van der Waals surface area contributed by atoms with Gasteiger partial charge >= 0.3 is 0 Å². The molecule has 0 aliphatic carbocycles. The number of hydrogen-bond donors (Lipinski definition) is 0. The van der Waals surface area contributed by atoms with Crippen molar-refractivity contribution in [1.82, 2.24) is 0 Å². The van der Waals surface area contributed by atoms with Gasteiger partial charge in [0.2, 0.25) is 0 Å². The number of benzene rings is 2. The number of rotatable bonds is 4. The van der Waals surface area contributed by atoms with Crippen LogP contribution in [0.25, 0.3) is 0 Å². The number of aliphatic imine (C=N–C) groups is 1. The number of fused-ring (bicyclic) bond motifs is 1. The predicted molar refractivity (Wildman–Crippen MR) is 121 cm³/mol. The summed E-state index contributed by atoms with van der Waals surface area (Å²) in [6.45, 7) is 4.06. The van der Waals surface area contributed by atoms with Crippen LogP contribution >= 0.6 is 11.8 Å². The fourth-order valence-corrected chi connectivity index (χ4v) is 7.83. The van der Waals surface area contributed by atoms with Gasteiger partial charge in [-0.05, 0) is 43.2 Å². The summed E-state index contributed by atoms with van der Waals surface area (Å²) in [6, 6.07) is 13.2. The molecule has 158 valence electrons. The summed E-state index contributed by atoms with van der Waals surface area (Å²) in [6.07, 6.45) is 0.127. The normalized spacial score (nSPS) is 23.6. The number of thioether (sulfide) groups is 1. The maximum absolute atomic E-state index is 12.8. The molecule has 0 aromatic heterocycles. The molecule has 0 radical (unpaired) electrons. The van der Waals surface area contributed by atoms with Crippen molar-refractivity contribution < 1.29 is 17.9 Å². The van der Waals surface area contributed by atoms with E-state index in [0.717, 1.165) is 22.4 Å². The molecule has 6 nitrogen and oxygen atoms in total. The maximum Gasteiger partial charge on any atom is 0.252 e. The van der Waals surface area contributed by atoms with Crippen LogP contribution in [0.4, 0.5) is 5.69 Å². The van der Waals surface area contributed by atoms with Crippen LogP contribution in [0.3, 0.4) is 0 Å². The van der Waals surface area contributed by atoms with E-state index in [9.17, 15) is 13.2 Å². The molecule has 2 aliphatic heterocycles. The number of amides is 1. The van der Waals surface area contributed by atoms with Crippen molar-refractivity contribution >= 4 is 38.4 Å². The molecule has 2 aliphatic rings. The highest BCUT2D eigenvalue weighted by Crippen LogP contribution is 2.41. The first-order valence-electron chi connectivity index (χ1n) is 9.74. The number of hydrogen-bond acceptors (Lipinski definition) is 5. The molecule has 2 fully saturated rings. The highest BCUT2D eigenvalue weighted by atomic mass is 32.2. The molecule has 2 aromatic rings. The molecule has 2 heterocycles. The zero-order valence-electron chi connectivity index (χ0n) is 17.2. The lowest BCUT2D eigenvalue weighted by Gasteiger charge is -2.25. The summed E-state index contributed by atoms with van der Waals surface area (Å²) in [5.41, 5.74) is 3.92. The fraction of sp³-hybridized carbons (Fsp3) is 0.364. The number of amidine groups is 1. The van der Waals surface area contributed by atoms with Crippen LogP contribution in [0.5, 0.6) is 5.75 Å². The second kappa shape index (κ2) is 8.07. The van der Waals surface area contributed by atoms with Gasteiger partial charge in [0.1, 0.15) is 5.75 Å². The van der Waals surface area contributed by atoms with Gasteiger partial charge in [0.25, 0.3) is 5.91 Å². The van der Waals surface area contributed by atoms with Crippen molar-refractivity contribution in [2.45, 2.75) is 31.6 Å². The summed E-state index contributed by atoms with van der Waals surface area (Å²) >= 11 is 1.39. The zero-order valence-corrected chi connectivity index (χ0v) is 18.8. The first-order valence-corrected chi connectivity index (χ1v) is 12.4. The molecule has 0 saturated carbocycles. The smallest absolute Gasteiger partial charge is 0.252 e. The van der Waals surface area contributed by atoms with E-state index in [2.05, 4.69) is 4.99 Å². The Morgan fingerprint density at radius 1 is 1.17 bits per heavy atom. The molecule has 0 spiro atoms. The monoisotopic (exact) mass is 444 g/mol. The van der Waals surface area contributed by atoms with Crippen molar-refractivity contribution in [3.63, 3.8) is 0 Å². The number of sulfone groups is 1. The molecule has 4 rings (SSSR count). The summed E-state index contributed by atoms with van der Waals surface area (Å²) in [4.78, 5) is 19.1. The van der Waals surface area contributed by atoms with Crippen LogP contribution in [-0.2, 0) is 21.1 Å². The van der Waals surface area contributed by atoms with E-state index in [1.165, 1.54) is 11.8 Å². The van der Waals surface area contributed by atoms with E-state index in [1.807, 2.05) is 61.2 Å². The molecular formula is C22H24N2O4S2. The van der Waals surface area contributed by atoms with E-state index in [0.29, 0.717) is 10.9 Å². The minimum Gasteiger partial charge on any atom is -0.496 e. The number of ether oxygens (including phenoxy) is 1. The SMILES string of the molecule is COc1ccccc1CC(=O)N=C1S[C@H]2CS(=O)(=O)C[C@@H]2N1c1ccc(C)c(C)c1. The maximum atomic E-state index is 12.8. The minimum atomic E-state index is -3.09. The van der Waals surface area contributed by atoms with Crippen LogP contribution in [-0.4, -0.2) is 49.4 Å². The topological polar surface area (TPSA) is 76.0 Å². The highest BCUT2D eigenvalue weighted by Gasteiger charge is 2.49. The molecule has 0 bridgehead atoms. The van der Waals surface area contributed by atoms with E-state index in [1.54, 1.807) is 7.11 Å². The van der Waals surface area contributed by atoms with Crippen LogP contribution in [0.1, 0.15) is 16.7 Å². The predicted octanol–water partition coefficient (Wildman–Crippen LogP) is 3.16. The Morgan fingerprint density at radius 2 is 1.93 bits per heavy atom. The lowest BCUT2D eigenvalue weighted by Crippen LogP contribution is -2.37. The molecular weight excluding hydrogens is 420 g/mol. The number of nitrogens with zero attached hydrogens (tertiary/aromatic N) is 2. The second-order valence-corrected chi connectivity index (χ2v) is 11.1. The lowest BCUT2D eigenvalue weighted by molar-refractivity contribution is -0.117.